The van der Waals surface area contributed by atoms with E-state index in [1.165, 1.54) is 6.07 Å². The highest BCUT2D eigenvalue weighted by molar-refractivity contribution is 5.83. The third kappa shape index (κ3) is 2.67. The summed E-state index contributed by atoms with van der Waals surface area (Å²) in [5.41, 5.74) is 0.484. The van der Waals surface area contributed by atoms with E-state index in [0.717, 1.165) is 19.4 Å². The second kappa shape index (κ2) is 5.21. The van der Waals surface area contributed by atoms with Crippen molar-refractivity contribution in [3.05, 3.63) is 35.6 Å². The van der Waals surface area contributed by atoms with Gasteiger partial charge in [-0.05, 0) is 24.5 Å². The number of benzene rings is 1. The Hall–Kier alpha value is -1.22. The summed E-state index contributed by atoms with van der Waals surface area (Å²) in [5.74, 6) is -0.259. The van der Waals surface area contributed by atoms with Crippen molar-refractivity contribution in [2.45, 2.75) is 19.3 Å². The quantitative estimate of drug-likeness (QED) is 0.784. The number of carbonyl (C=O) groups is 1. The van der Waals surface area contributed by atoms with Gasteiger partial charge in [0.25, 0.3) is 0 Å². The van der Waals surface area contributed by atoms with Gasteiger partial charge in [-0.2, -0.15) is 0 Å². The number of halogens is 1. The van der Waals surface area contributed by atoms with Gasteiger partial charge in [0.05, 0.1) is 6.61 Å². The Morgan fingerprint density at radius 3 is 2.94 bits per heavy atom. The molecule has 0 radical (unpaired) electrons. The first-order valence-electron chi connectivity index (χ1n) is 5.61. The smallest absolute Gasteiger partial charge is 0.142 e. The van der Waals surface area contributed by atoms with E-state index in [1.54, 1.807) is 18.2 Å². The number of ketones is 1. The Bertz CT molecular complexity index is 370. The molecule has 0 aliphatic carbocycles. The first kappa shape index (κ1) is 11.3. The molecule has 1 aromatic carbocycles. The fourth-order valence-corrected chi connectivity index (χ4v) is 1.97. The number of hydrogen-bond acceptors (Lipinski definition) is 2. The van der Waals surface area contributed by atoms with Crippen molar-refractivity contribution in [1.82, 2.24) is 0 Å². The zero-order chi connectivity index (χ0) is 11.4. The van der Waals surface area contributed by atoms with E-state index in [4.69, 9.17) is 4.74 Å². The predicted octanol–water partition coefficient (Wildman–Crippen LogP) is 2.36. The molecule has 1 fully saturated rings. The lowest BCUT2D eigenvalue weighted by molar-refractivity contribution is -0.126. The molecule has 1 aromatic rings. The van der Waals surface area contributed by atoms with Crippen molar-refractivity contribution in [1.29, 1.82) is 0 Å². The maximum absolute atomic E-state index is 13.3. The standard InChI is InChI=1S/C13H15FO2/c14-12-6-2-1-4-10(12)8-13(15)11-5-3-7-16-9-11/h1-2,4,6,11H,3,5,7-9H2. The largest absolute Gasteiger partial charge is 0.381 e. The van der Waals surface area contributed by atoms with Crippen molar-refractivity contribution in [3.63, 3.8) is 0 Å². The number of ether oxygens (including phenoxy) is 1. The Labute approximate surface area is 94.4 Å². The summed E-state index contributed by atoms with van der Waals surface area (Å²) >= 11 is 0. The van der Waals surface area contributed by atoms with Gasteiger partial charge in [0, 0.05) is 18.9 Å². The molecule has 1 aliphatic rings. The molecule has 1 heterocycles. The average molecular weight is 222 g/mol. The first-order valence-corrected chi connectivity index (χ1v) is 5.61. The second-order valence-electron chi connectivity index (χ2n) is 4.15. The molecule has 3 heteroatoms. The molecule has 2 nitrogen and oxygen atoms in total. The van der Waals surface area contributed by atoms with Crippen molar-refractivity contribution in [2.75, 3.05) is 13.2 Å². The fourth-order valence-electron chi connectivity index (χ4n) is 1.97. The van der Waals surface area contributed by atoms with Crippen LogP contribution in [0.1, 0.15) is 18.4 Å². The number of Topliss-reactive ketones (excluding diaryl/α,β-unsaturated/α-hetero) is 1. The molecule has 1 aliphatic heterocycles. The van der Waals surface area contributed by atoms with Crippen LogP contribution in [0, 0.1) is 11.7 Å². The average Bonchev–Trinajstić information content (AvgIpc) is 2.33. The molecular weight excluding hydrogens is 207 g/mol. The van der Waals surface area contributed by atoms with Gasteiger partial charge in [0.1, 0.15) is 11.6 Å². The molecule has 0 bridgehead atoms. The van der Waals surface area contributed by atoms with E-state index in [1.807, 2.05) is 0 Å². The minimum Gasteiger partial charge on any atom is -0.381 e. The lowest BCUT2D eigenvalue weighted by atomic mass is 9.93. The zero-order valence-electron chi connectivity index (χ0n) is 9.12. The van der Waals surface area contributed by atoms with Gasteiger partial charge in [-0.1, -0.05) is 18.2 Å². The summed E-state index contributed by atoms with van der Waals surface area (Å²) in [5, 5.41) is 0. The third-order valence-electron chi connectivity index (χ3n) is 2.94. The van der Waals surface area contributed by atoms with Crippen LogP contribution in [0.5, 0.6) is 0 Å². The van der Waals surface area contributed by atoms with Crippen LogP contribution in [-0.4, -0.2) is 19.0 Å². The highest BCUT2D eigenvalue weighted by Crippen LogP contribution is 2.17. The number of carbonyl (C=O) groups excluding carboxylic acids is 1. The Kier molecular flexibility index (Phi) is 3.67. The van der Waals surface area contributed by atoms with Crippen molar-refractivity contribution < 1.29 is 13.9 Å². The van der Waals surface area contributed by atoms with E-state index in [-0.39, 0.29) is 23.9 Å². The zero-order valence-corrected chi connectivity index (χ0v) is 9.12. The van der Waals surface area contributed by atoms with Crippen LogP contribution in [0.4, 0.5) is 4.39 Å². The molecule has 0 amide bonds. The second-order valence-corrected chi connectivity index (χ2v) is 4.15. The van der Waals surface area contributed by atoms with Gasteiger partial charge in [0.2, 0.25) is 0 Å². The Morgan fingerprint density at radius 1 is 1.44 bits per heavy atom. The van der Waals surface area contributed by atoms with E-state index in [2.05, 4.69) is 0 Å². The number of hydrogen-bond donors (Lipinski definition) is 0. The summed E-state index contributed by atoms with van der Waals surface area (Å²) in [7, 11) is 0. The predicted molar refractivity (Wildman–Crippen MR) is 58.7 cm³/mol. The van der Waals surface area contributed by atoms with Crippen molar-refractivity contribution in [2.24, 2.45) is 5.92 Å². The highest BCUT2D eigenvalue weighted by atomic mass is 19.1. The summed E-state index contributed by atoms with van der Waals surface area (Å²) < 4.78 is 18.6. The van der Waals surface area contributed by atoms with Crippen LogP contribution < -0.4 is 0 Å². The molecule has 0 saturated carbocycles. The molecule has 86 valence electrons. The van der Waals surface area contributed by atoms with Crippen LogP contribution >= 0.6 is 0 Å². The number of rotatable bonds is 3. The molecule has 1 unspecified atom stereocenters. The molecule has 0 aromatic heterocycles. The monoisotopic (exact) mass is 222 g/mol. The third-order valence-corrected chi connectivity index (χ3v) is 2.94. The minimum atomic E-state index is -0.299. The minimum absolute atomic E-state index is 0.0478. The summed E-state index contributed by atoms with van der Waals surface area (Å²) in [4.78, 5) is 11.9. The van der Waals surface area contributed by atoms with Crippen LogP contribution in [0.2, 0.25) is 0 Å². The van der Waals surface area contributed by atoms with Gasteiger partial charge in [-0.15, -0.1) is 0 Å². The molecule has 1 saturated heterocycles. The van der Waals surface area contributed by atoms with Crippen molar-refractivity contribution in [3.8, 4) is 0 Å². The van der Waals surface area contributed by atoms with Gasteiger partial charge in [-0.25, -0.2) is 4.39 Å². The van der Waals surface area contributed by atoms with Gasteiger partial charge < -0.3 is 4.74 Å². The van der Waals surface area contributed by atoms with E-state index >= 15 is 0 Å². The Balaban J connectivity index is 1.99. The van der Waals surface area contributed by atoms with E-state index < -0.39 is 0 Å². The van der Waals surface area contributed by atoms with Gasteiger partial charge >= 0.3 is 0 Å². The highest BCUT2D eigenvalue weighted by Gasteiger charge is 2.22. The molecule has 16 heavy (non-hydrogen) atoms. The molecular formula is C13H15FO2. The lowest BCUT2D eigenvalue weighted by Crippen LogP contribution is -2.26. The van der Waals surface area contributed by atoms with Gasteiger partial charge in [0.15, 0.2) is 0 Å². The maximum atomic E-state index is 13.3. The molecule has 0 N–H and O–H groups in total. The van der Waals surface area contributed by atoms with Crippen LogP contribution in [0.3, 0.4) is 0 Å². The lowest BCUT2D eigenvalue weighted by Gasteiger charge is -2.20. The first-order chi connectivity index (χ1) is 7.77. The van der Waals surface area contributed by atoms with Gasteiger partial charge in [-0.3, -0.25) is 4.79 Å². The fraction of sp³-hybridized carbons (Fsp3) is 0.462. The molecule has 2 rings (SSSR count). The van der Waals surface area contributed by atoms with E-state index in [9.17, 15) is 9.18 Å². The Morgan fingerprint density at radius 2 is 2.25 bits per heavy atom. The SMILES string of the molecule is O=C(Cc1ccccc1F)C1CCCOC1. The normalized spacial score (nSPS) is 20.7. The van der Waals surface area contributed by atoms with Crippen LogP contribution in [-0.2, 0) is 16.0 Å². The van der Waals surface area contributed by atoms with Crippen LogP contribution in [0.15, 0.2) is 24.3 Å². The van der Waals surface area contributed by atoms with E-state index in [0.29, 0.717) is 12.2 Å². The molecule has 1 atom stereocenters. The summed E-state index contributed by atoms with van der Waals surface area (Å²) in [6.07, 6.45) is 1.97. The maximum Gasteiger partial charge on any atom is 0.142 e. The topological polar surface area (TPSA) is 26.3 Å². The van der Waals surface area contributed by atoms with Crippen LogP contribution in [0.25, 0.3) is 0 Å². The van der Waals surface area contributed by atoms with Crippen molar-refractivity contribution >= 4 is 5.78 Å². The summed E-state index contributed by atoms with van der Waals surface area (Å²) in [6, 6.07) is 6.44. The molecule has 0 spiro atoms. The summed E-state index contributed by atoms with van der Waals surface area (Å²) in [6.45, 7) is 1.23.